The van der Waals surface area contributed by atoms with Crippen molar-refractivity contribution in [2.75, 3.05) is 16.8 Å². The molecule has 0 spiro atoms. The molecule has 2 aliphatic rings. The number of nitrogens with one attached hydrogen (secondary N) is 2. The van der Waals surface area contributed by atoms with E-state index in [-0.39, 0.29) is 18.0 Å². The molecule has 1 aliphatic carbocycles. The lowest BCUT2D eigenvalue weighted by molar-refractivity contribution is -0.117. The van der Waals surface area contributed by atoms with Crippen molar-refractivity contribution in [3.05, 3.63) is 24.3 Å². The molecule has 0 aromatic heterocycles. The summed E-state index contributed by atoms with van der Waals surface area (Å²) in [4.78, 5) is 26.0. The lowest BCUT2D eigenvalue weighted by Gasteiger charge is -2.21. The van der Waals surface area contributed by atoms with E-state index in [2.05, 4.69) is 10.6 Å². The number of rotatable bonds is 3. The summed E-state index contributed by atoms with van der Waals surface area (Å²) in [5.74, 6) is 0.128. The molecule has 3 amide bonds. The Morgan fingerprint density at radius 3 is 2.48 bits per heavy atom. The van der Waals surface area contributed by atoms with Gasteiger partial charge >= 0.3 is 6.03 Å². The van der Waals surface area contributed by atoms with E-state index in [1.165, 1.54) is 25.7 Å². The number of nitrogens with zero attached hydrogens (tertiary/aromatic N) is 1. The maximum atomic E-state index is 12.3. The number of carbonyl (C=O) groups is 2. The predicted octanol–water partition coefficient (Wildman–Crippen LogP) is 3.66. The van der Waals surface area contributed by atoms with Crippen molar-refractivity contribution in [1.29, 1.82) is 0 Å². The zero-order chi connectivity index (χ0) is 16.1. The summed E-state index contributed by atoms with van der Waals surface area (Å²) in [6.07, 6.45) is 8.47. The Morgan fingerprint density at radius 1 is 1.04 bits per heavy atom. The molecule has 1 aromatic carbocycles. The molecule has 3 rings (SSSR count). The predicted molar refractivity (Wildman–Crippen MR) is 91.7 cm³/mol. The summed E-state index contributed by atoms with van der Waals surface area (Å²) < 4.78 is 0. The molecule has 0 radical (unpaired) electrons. The van der Waals surface area contributed by atoms with Crippen molar-refractivity contribution in [3.63, 3.8) is 0 Å². The maximum Gasteiger partial charge on any atom is 0.319 e. The minimum atomic E-state index is -0.170. The second-order valence-electron chi connectivity index (χ2n) is 6.45. The Morgan fingerprint density at radius 2 is 1.78 bits per heavy atom. The van der Waals surface area contributed by atoms with Crippen LogP contribution in [0.4, 0.5) is 16.2 Å². The van der Waals surface area contributed by atoms with E-state index in [0.29, 0.717) is 12.1 Å². The van der Waals surface area contributed by atoms with Crippen molar-refractivity contribution in [1.82, 2.24) is 5.32 Å². The lowest BCUT2D eigenvalue weighted by atomic mass is 10.1. The summed E-state index contributed by atoms with van der Waals surface area (Å²) in [6, 6.07) is 7.62. The zero-order valence-corrected chi connectivity index (χ0v) is 13.5. The summed E-state index contributed by atoms with van der Waals surface area (Å²) in [7, 11) is 0. The van der Waals surface area contributed by atoms with E-state index >= 15 is 0 Å². The topological polar surface area (TPSA) is 61.4 Å². The Bertz CT molecular complexity index is 565. The number of anilines is 2. The van der Waals surface area contributed by atoms with Crippen LogP contribution in [0.25, 0.3) is 0 Å². The molecule has 1 heterocycles. The summed E-state index contributed by atoms with van der Waals surface area (Å²) in [6.45, 7) is 0.724. The van der Waals surface area contributed by atoms with Gasteiger partial charge in [0.1, 0.15) is 0 Å². The normalized spacial score (nSPS) is 19.5. The van der Waals surface area contributed by atoms with Crippen LogP contribution in [-0.2, 0) is 4.79 Å². The van der Waals surface area contributed by atoms with Crippen LogP contribution in [0, 0.1) is 0 Å². The molecule has 1 saturated carbocycles. The molecule has 2 fully saturated rings. The van der Waals surface area contributed by atoms with Crippen LogP contribution in [0.1, 0.15) is 51.4 Å². The second kappa shape index (κ2) is 7.49. The van der Waals surface area contributed by atoms with Crippen LogP contribution in [0.2, 0.25) is 0 Å². The first-order valence-electron chi connectivity index (χ1n) is 8.71. The van der Waals surface area contributed by atoms with E-state index in [0.717, 1.165) is 31.5 Å². The standard InChI is InChI=1S/C18H25N3O2/c22-17-12-7-13-21(17)16-11-6-5-10-15(16)20-18(23)19-14-8-3-1-2-4-9-14/h5-6,10-11,14H,1-4,7-9,12-13H2,(H2,19,20,23). The smallest absolute Gasteiger partial charge is 0.319 e. The van der Waals surface area contributed by atoms with Gasteiger partial charge in [-0.3, -0.25) is 4.79 Å². The molecule has 0 unspecified atom stereocenters. The fourth-order valence-corrected chi connectivity index (χ4v) is 3.49. The minimum absolute atomic E-state index is 0.128. The molecule has 2 N–H and O–H groups in total. The molecule has 5 nitrogen and oxygen atoms in total. The molecule has 5 heteroatoms. The molecular weight excluding hydrogens is 290 g/mol. The number of benzene rings is 1. The molecule has 23 heavy (non-hydrogen) atoms. The van der Waals surface area contributed by atoms with E-state index < -0.39 is 0 Å². The zero-order valence-electron chi connectivity index (χ0n) is 13.5. The van der Waals surface area contributed by atoms with Gasteiger partial charge in [-0.15, -0.1) is 0 Å². The van der Waals surface area contributed by atoms with Gasteiger partial charge in [-0.1, -0.05) is 37.8 Å². The molecule has 1 saturated heterocycles. The van der Waals surface area contributed by atoms with Crippen LogP contribution >= 0.6 is 0 Å². The first kappa shape index (κ1) is 15.8. The SMILES string of the molecule is O=C(Nc1ccccc1N1CCCC1=O)NC1CCCCCC1. The number of amides is 3. The summed E-state index contributed by atoms with van der Waals surface area (Å²) in [5, 5.41) is 6.01. The second-order valence-corrected chi connectivity index (χ2v) is 6.45. The Kier molecular flexibility index (Phi) is 5.16. The number of carbonyl (C=O) groups excluding carboxylic acids is 2. The average Bonchev–Trinajstić information content (AvgIpc) is 2.80. The van der Waals surface area contributed by atoms with Gasteiger partial charge in [0.05, 0.1) is 11.4 Å². The Hall–Kier alpha value is -2.04. The van der Waals surface area contributed by atoms with Gasteiger partial charge in [0.2, 0.25) is 5.91 Å². The highest BCUT2D eigenvalue weighted by molar-refractivity contribution is 6.01. The van der Waals surface area contributed by atoms with Gasteiger partial charge in [-0.25, -0.2) is 4.79 Å². The fraction of sp³-hybridized carbons (Fsp3) is 0.556. The highest BCUT2D eigenvalue weighted by Gasteiger charge is 2.24. The monoisotopic (exact) mass is 315 g/mol. The fourth-order valence-electron chi connectivity index (χ4n) is 3.49. The van der Waals surface area contributed by atoms with E-state index in [4.69, 9.17) is 0 Å². The lowest BCUT2D eigenvalue weighted by Crippen LogP contribution is -2.38. The van der Waals surface area contributed by atoms with Crippen molar-refractivity contribution in [2.24, 2.45) is 0 Å². The third-order valence-corrected chi connectivity index (χ3v) is 4.71. The molecular formula is C18H25N3O2. The molecule has 124 valence electrons. The Labute approximate surface area is 137 Å². The number of para-hydroxylation sites is 2. The first-order valence-corrected chi connectivity index (χ1v) is 8.71. The van der Waals surface area contributed by atoms with Gasteiger partial charge in [0.15, 0.2) is 0 Å². The van der Waals surface area contributed by atoms with Crippen molar-refractivity contribution < 1.29 is 9.59 Å². The minimum Gasteiger partial charge on any atom is -0.335 e. The van der Waals surface area contributed by atoms with Crippen LogP contribution < -0.4 is 15.5 Å². The van der Waals surface area contributed by atoms with Gasteiger partial charge in [-0.05, 0) is 31.4 Å². The summed E-state index contributed by atoms with van der Waals surface area (Å²) in [5.41, 5.74) is 1.50. The number of hydrogen-bond acceptors (Lipinski definition) is 2. The van der Waals surface area contributed by atoms with Gasteiger partial charge < -0.3 is 15.5 Å². The van der Waals surface area contributed by atoms with Crippen molar-refractivity contribution >= 4 is 23.3 Å². The highest BCUT2D eigenvalue weighted by atomic mass is 16.2. The van der Waals surface area contributed by atoms with Crippen LogP contribution in [0.5, 0.6) is 0 Å². The number of hydrogen-bond donors (Lipinski definition) is 2. The quantitative estimate of drug-likeness (QED) is 0.836. The third-order valence-electron chi connectivity index (χ3n) is 4.71. The van der Waals surface area contributed by atoms with Crippen molar-refractivity contribution in [2.45, 2.75) is 57.4 Å². The molecule has 0 bridgehead atoms. The average molecular weight is 315 g/mol. The van der Waals surface area contributed by atoms with Crippen LogP contribution in [0.15, 0.2) is 24.3 Å². The largest absolute Gasteiger partial charge is 0.335 e. The van der Waals surface area contributed by atoms with E-state index in [1.807, 2.05) is 24.3 Å². The Balaban J connectivity index is 1.65. The van der Waals surface area contributed by atoms with Gasteiger partial charge in [-0.2, -0.15) is 0 Å². The third kappa shape index (κ3) is 4.03. The number of urea groups is 1. The van der Waals surface area contributed by atoms with Crippen molar-refractivity contribution in [3.8, 4) is 0 Å². The van der Waals surface area contributed by atoms with E-state index in [9.17, 15) is 9.59 Å². The van der Waals surface area contributed by atoms with Crippen LogP contribution in [-0.4, -0.2) is 24.5 Å². The molecule has 0 atom stereocenters. The highest BCUT2D eigenvalue weighted by Crippen LogP contribution is 2.29. The molecule has 1 aliphatic heterocycles. The van der Waals surface area contributed by atoms with Crippen LogP contribution in [0.3, 0.4) is 0 Å². The molecule has 1 aromatic rings. The maximum absolute atomic E-state index is 12.3. The van der Waals surface area contributed by atoms with E-state index in [1.54, 1.807) is 4.90 Å². The van der Waals surface area contributed by atoms with Gasteiger partial charge in [0.25, 0.3) is 0 Å². The van der Waals surface area contributed by atoms with Gasteiger partial charge in [0, 0.05) is 19.0 Å². The first-order chi connectivity index (χ1) is 11.2. The summed E-state index contributed by atoms with van der Waals surface area (Å²) >= 11 is 0.